The summed E-state index contributed by atoms with van der Waals surface area (Å²) in [5.74, 6) is 0.101. The highest BCUT2D eigenvalue weighted by atomic mass is 32.2. The number of nitrogens with zero attached hydrogens (tertiary/aromatic N) is 3. The van der Waals surface area contributed by atoms with E-state index in [0.717, 1.165) is 9.90 Å². The molecule has 0 spiro atoms. The van der Waals surface area contributed by atoms with Crippen molar-refractivity contribution in [2.75, 3.05) is 7.05 Å². The molecule has 1 heterocycles. The molecule has 2 rings (SSSR count). The first-order valence-electron chi connectivity index (χ1n) is 5.88. The van der Waals surface area contributed by atoms with E-state index in [1.54, 1.807) is 10.4 Å². The molecule has 0 radical (unpaired) electrons. The van der Waals surface area contributed by atoms with Crippen molar-refractivity contribution in [3.05, 3.63) is 41.4 Å². The molecule has 1 atom stereocenters. The average Bonchev–Trinajstić information content (AvgIpc) is 2.91. The Labute approximate surface area is 120 Å². The van der Waals surface area contributed by atoms with E-state index in [0.29, 0.717) is 6.54 Å². The summed E-state index contributed by atoms with van der Waals surface area (Å²) in [4.78, 5) is 14.0. The van der Waals surface area contributed by atoms with Gasteiger partial charge in [-0.15, -0.1) is 10.2 Å². The summed E-state index contributed by atoms with van der Waals surface area (Å²) in [5.41, 5.74) is 2.80. The third-order valence-electron chi connectivity index (χ3n) is 2.60. The van der Waals surface area contributed by atoms with Crippen LogP contribution in [0.25, 0.3) is 0 Å². The highest BCUT2D eigenvalue weighted by molar-refractivity contribution is 8.02. The number of hydrogen-bond acceptors (Lipinski definition) is 5. The number of thioether (sulfide) groups is 1. The molecule has 1 aromatic carbocycles. The van der Waals surface area contributed by atoms with Gasteiger partial charge in [-0.1, -0.05) is 53.4 Å². The maximum Gasteiger partial charge on any atom is 0.235 e. The standard InChI is InChI=1S/C13H15N3OS2/c1-10(19-13-15-14-9-18-13)12(17)16(2)8-11-6-4-3-5-7-11/h3-7,9-10H,8H2,1-2H3. The number of benzene rings is 1. The van der Waals surface area contributed by atoms with Gasteiger partial charge in [-0.05, 0) is 12.5 Å². The Balaban J connectivity index is 1.91. The van der Waals surface area contributed by atoms with Gasteiger partial charge >= 0.3 is 0 Å². The average molecular weight is 293 g/mol. The molecule has 1 amide bonds. The molecule has 0 aliphatic heterocycles. The summed E-state index contributed by atoms with van der Waals surface area (Å²) in [6.45, 7) is 2.52. The second-order valence-electron chi connectivity index (χ2n) is 4.14. The molecule has 1 aromatic heterocycles. The van der Waals surface area contributed by atoms with Crippen LogP contribution >= 0.6 is 23.1 Å². The predicted molar refractivity (Wildman–Crippen MR) is 78.1 cm³/mol. The van der Waals surface area contributed by atoms with Gasteiger partial charge in [0.1, 0.15) is 5.51 Å². The van der Waals surface area contributed by atoms with E-state index in [1.807, 2.05) is 44.3 Å². The Hall–Kier alpha value is -1.40. The summed E-state index contributed by atoms with van der Waals surface area (Å²) in [6.07, 6.45) is 0. The number of rotatable bonds is 5. The van der Waals surface area contributed by atoms with Gasteiger partial charge in [0.05, 0.1) is 5.25 Å². The van der Waals surface area contributed by atoms with Crippen LogP contribution in [-0.2, 0) is 11.3 Å². The minimum absolute atomic E-state index is 0.101. The van der Waals surface area contributed by atoms with Crippen LogP contribution in [0.15, 0.2) is 40.2 Å². The molecule has 4 nitrogen and oxygen atoms in total. The smallest absolute Gasteiger partial charge is 0.235 e. The van der Waals surface area contributed by atoms with Gasteiger partial charge in [0, 0.05) is 13.6 Å². The van der Waals surface area contributed by atoms with Gasteiger partial charge in [-0.3, -0.25) is 4.79 Å². The lowest BCUT2D eigenvalue weighted by Crippen LogP contribution is -2.32. The zero-order valence-corrected chi connectivity index (χ0v) is 12.4. The SMILES string of the molecule is CC(Sc1nncs1)C(=O)N(C)Cc1ccccc1. The number of carbonyl (C=O) groups excluding carboxylic acids is 1. The lowest BCUT2D eigenvalue weighted by molar-refractivity contribution is -0.129. The lowest BCUT2D eigenvalue weighted by Gasteiger charge is -2.20. The van der Waals surface area contributed by atoms with Crippen molar-refractivity contribution >= 4 is 29.0 Å². The number of aromatic nitrogens is 2. The normalized spacial score (nSPS) is 12.1. The molecule has 1 unspecified atom stereocenters. The van der Waals surface area contributed by atoms with Crippen molar-refractivity contribution < 1.29 is 4.79 Å². The molecule has 0 saturated carbocycles. The zero-order chi connectivity index (χ0) is 13.7. The van der Waals surface area contributed by atoms with Crippen LogP contribution in [0.2, 0.25) is 0 Å². The first-order chi connectivity index (χ1) is 9.16. The largest absolute Gasteiger partial charge is 0.340 e. The van der Waals surface area contributed by atoms with Crippen molar-refractivity contribution in [2.24, 2.45) is 0 Å². The highest BCUT2D eigenvalue weighted by Gasteiger charge is 2.19. The van der Waals surface area contributed by atoms with E-state index >= 15 is 0 Å². The van der Waals surface area contributed by atoms with E-state index in [4.69, 9.17) is 0 Å². The fourth-order valence-electron chi connectivity index (χ4n) is 1.66. The molecule has 0 bridgehead atoms. The summed E-state index contributed by atoms with van der Waals surface area (Å²) < 4.78 is 0.828. The molecular formula is C13H15N3OS2. The quantitative estimate of drug-likeness (QED) is 0.795. The number of hydrogen-bond donors (Lipinski definition) is 0. The molecule has 0 N–H and O–H groups in total. The molecule has 0 aliphatic carbocycles. The Morgan fingerprint density at radius 2 is 2.16 bits per heavy atom. The van der Waals surface area contributed by atoms with Gasteiger partial charge in [0.15, 0.2) is 4.34 Å². The second-order valence-corrected chi connectivity index (χ2v) is 6.57. The third-order valence-corrected chi connectivity index (χ3v) is 4.50. The predicted octanol–water partition coefficient (Wildman–Crippen LogP) is 2.68. The van der Waals surface area contributed by atoms with Crippen LogP contribution in [0.3, 0.4) is 0 Å². The van der Waals surface area contributed by atoms with Crippen LogP contribution in [0.1, 0.15) is 12.5 Å². The second kappa shape index (κ2) is 6.68. The first-order valence-corrected chi connectivity index (χ1v) is 7.64. The van der Waals surface area contributed by atoms with Crippen molar-refractivity contribution in [3.8, 4) is 0 Å². The zero-order valence-electron chi connectivity index (χ0n) is 10.8. The monoisotopic (exact) mass is 293 g/mol. The van der Waals surface area contributed by atoms with E-state index in [2.05, 4.69) is 10.2 Å². The summed E-state index contributed by atoms with van der Waals surface area (Å²) >= 11 is 2.91. The first kappa shape index (κ1) is 14.0. The summed E-state index contributed by atoms with van der Waals surface area (Å²) in [7, 11) is 1.83. The maximum absolute atomic E-state index is 12.2. The molecule has 0 saturated heterocycles. The Morgan fingerprint density at radius 3 is 2.79 bits per heavy atom. The molecule has 19 heavy (non-hydrogen) atoms. The van der Waals surface area contributed by atoms with Crippen molar-refractivity contribution in [1.82, 2.24) is 15.1 Å². The Morgan fingerprint density at radius 1 is 1.42 bits per heavy atom. The van der Waals surface area contributed by atoms with Crippen LogP contribution < -0.4 is 0 Å². The Bertz CT molecular complexity index is 516. The van der Waals surface area contributed by atoms with Crippen molar-refractivity contribution in [2.45, 2.75) is 23.1 Å². The minimum Gasteiger partial charge on any atom is -0.340 e. The van der Waals surface area contributed by atoms with Crippen LogP contribution in [0.5, 0.6) is 0 Å². The van der Waals surface area contributed by atoms with E-state index in [-0.39, 0.29) is 11.2 Å². The lowest BCUT2D eigenvalue weighted by atomic mass is 10.2. The van der Waals surface area contributed by atoms with Crippen LogP contribution in [-0.4, -0.2) is 33.3 Å². The van der Waals surface area contributed by atoms with Crippen LogP contribution in [0.4, 0.5) is 0 Å². The fourth-order valence-corrected chi connectivity index (χ4v) is 3.40. The van der Waals surface area contributed by atoms with E-state index in [1.165, 1.54) is 23.1 Å². The molecule has 0 aliphatic rings. The van der Waals surface area contributed by atoms with Gasteiger partial charge in [-0.2, -0.15) is 0 Å². The van der Waals surface area contributed by atoms with Crippen LogP contribution in [0, 0.1) is 0 Å². The van der Waals surface area contributed by atoms with Gasteiger partial charge in [0.25, 0.3) is 0 Å². The van der Waals surface area contributed by atoms with Crippen molar-refractivity contribution in [1.29, 1.82) is 0 Å². The fraction of sp³-hybridized carbons (Fsp3) is 0.308. The van der Waals surface area contributed by atoms with Gasteiger partial charge in [-0.25, -0.2) is 0 Å². The van der Waals surface area contributed by atoms with Crippen molar-refractivity contribution in [3.63, 3.8) is 0 Å². The number of amides is 1. The third kappa shape index (κ3) is 4.04. The summed E-state index contributed by atoms with van der Waals surface area (Å²) in [6, 6.07) is 9.97. The Kier molecular flexibility index (Phi) is 4.93. The topological polar surface area (TPSA) is 46.1 Å². The van der Waals surface area contributed by atoms with Gasteiger partial charge < -0.3 is 4.90 Å². The molecular weight excluding hydrogens is 278 g/mol. The van der Waals surface area contributed by atoms with E-state index in [9.17, 15) is 4.79 Å². The van der Waals surface area contributed by atoms with Gasteiger partial charge in [0.2, 0.25) is 5.91 Å². The molecule has 6 heteroatoms. The minimum atomic E-state index is -0.151. The molecule has 100 valence electrons. The molecule has 2 aromatic rings. The maximum atomic E-state index is 12.2. The molecule has 0 fully saturated rings. The highest BCUT2D eigenvalue weighted by Crippen LogP contribution is 2.25. The number of carbonyl (C=O) groups is 1. The summed E-state index contributed by atoms with van der Waals surface area (Å²) in [5, 5.41) is 7.56. The van der Waals surface area contributed by atoms with E-state index < -0.39 is 0 Å².